The number of sulfonamides is 1. The van der Waals surface area contributed by atoms with Crippen LogP contribution in [0.5, 0.6) is 0 Å². The highest BCUT2D eigenvalue weighted by Gasteiger charge is 2.18. The summed E-state index contributed by atoms with van der Waals surface area (Å²) in [6.45, 7) is 4.47. The summed E-state index contributed by atoms with van der Waals surface area (Å²) in [7, 11) is -3.50. The Morgan fingerprint density at radius 2 is 1.60 bits per heavy atom. The number of rotatable bonds is 10. The van der Waals surface area contributed by atoms with E-state index in [4.69, 9.17) is 4.74 Å². The predicted octanol–water partition coefficient (Wildman–Crippen LogP) is 5.17. The summed E-state index contributed by atoms with van der Waals surface area (Å²) in [5, 5.41) is 2.80. The first-order chi connectivity index (χ1) is 16.7. The quantitative estimate of drug-likeness (QED) is 0.310. The molecule has 0 aliphatic heterocycles. The molecule has 0 aliphatic rings. The van der Waals surface area contributed by atoms with Gasteiger partial charge in [-0.25, -0.2) is 13.2 Å². The third kappa shape index (κ3) is 7.42. The number of carbonyl (C=O) groups excluding carboxylic acids is 2. The maximum absolute atomic E-state index is 12.6. The molecule has 8 heteroatoms. The molecule has 0 saturated carbocycles. The molecule has 0 spiro atoms. The SMILES string of the molecule is CCCCOC(=O)c1ccc(NC(=O)c2ccc(CN(c3cccc(C)c3)S(C)(=O)=O)cc2)cc1. The molecule has 3 rings (SSSR count). The molecule has 0 bridgehead atoms. The molecular formula is C27H30N2O5S. The van der Waals surface area contributed by atoms with E-state index < -0.39 is 10.0 Å². The standard InChI is InChI=1S/C27H30N2O5S/c1-4-5-17-34-27(31)23-13-15-24(16-14-23)28-26(30)22-11-9-21(10-12-22)19-29(35(3,32)33)25-8-6-7-20(2)18-25/h6-16,18H,4-5,17,19H2,1-3H3,(H,28,30). The van der Waals surface area contributed by atoms with Crippen LogP contribution in [-0.2, 0) is 21.3 Å². The molecule has 0 aromatic heterocycles. The van der Waals surface area contributed by atoms with Crippen LogP contribution in [-0.4, -0.2) is 33.2 Å². The average Bonchev–Trinajstić information content (AvgIpc) is 2.82. The monoisotopic (exact) mass is 494 g/mol. The Hall–Kier alpha value is -3.65. The molecule has 0 saturated heterocycles. The van der Waals surface area contributed by atoms with Crippen molar-refractivity contribution < 1.29 is 22.7 Å². The van der Waals surface area contributed by atoms with E-state index in [1.807, 2.05) is 32.0 Å². The number of esters is 1. The predicted molar refractivity (Wildman–Crippen MR) is 138 cm³/mol. The molecule has 3 aromatic rings. The van der Waals surface area contributed by atoms with Gasteiger partial charge in [-0.05, 0) is 73.0 Å². The molecule has 1 amide bonds. The average molecular weight is 495 g/mol. The summed E-state index contributed by atoms with van der Waals surface area (Å²) < 4.78 is 31.3. The largest absolute Gasteiger partial charge is 0.462 e. The Morgan fingerprint density at radius 1 is 0.943 bits per heavy atom. The van der Waals surface area contributed by atoms with Crippen molar-refractivity contribution in [1.82, 2.24) is 0 Å². The summed E-state index contributed by atoms with van der Waals surface area (Å²) in [4.78, 5) is 24.7. The fourth-order valence-electron chi connectivity index (χ4n) is 3.40. The highest BCUT2D eigenvalue weighted by atomic mass is 32.2. The van der Waals surface area contributed by atoms with E-state index in [0.717, 1.165) is 24.0 Å². The minimum Gasteiger partial charge on any atom is -0.462 e. The Kier molecular flexibility index (Phi) is 8.65. The lowest BCUT2D eigenvalue weighted by Gasteiger charge is -2.23. The smallest absolute Gasteiger partial charge is 0.338 e. The van der Waals surface area contributed by atoms with Gasteiger partial charge in [0.05, 0.1) is 30.7 Å². The molecule has 1 N–H and O–H groups in total. The second-order valence-electron chi connectivity index (χ2n) is 8.33. The normalized spacial score (nSPS) is 11.1. The number of hydrogen-bond donors (Lipinski definition) is 1. The van der Waals surface area contributed by atoms with Crippen LogP contribution in [0, 0.1) is 6.92 Å². The van der Waals surface area contributed by atoms with E-state index in [9.17, 15) is 18.0 Å². The number of unbranched alkanes of at least 4 members (excludes halogenated alkanes) is 1. The van der Waals surface area contributed by atoms with Crippen molar-refractivity contribution in [3.63, 3.8) is 0 Å². The van der Waals surface area contributed by atoms with Gasteiger partial charge in [-0.1, -0.05) is 37.6 Å². The zero-order chi connectivity index (χ0) is 25.4. The number of nitrogens with one attached hydrogen (secondary N) is 1. The number of benzene rings is 3. The van der Waals surface area contributed by atoms with E-state index in [1.165, 1.54) is 10.6 Å². The van der Waals surface area contributed by atoms with Gasteiger partial charge in [0, 0.05) is 11.3 Å². The van der Waals surface area contributed by atoms with Crippen molar-refractivity contribution in [2.75, 3.05) is 22.5 Å². The second kappa shape index (κ2) is 11.7. The van der Waals surface area contributed by atoms with Gasteiger partial charge in [0.1, 0.15) is 0 Å². The van der Waals surface area contributed by atoms with Gasteiger partial charge >= 0.3 is 5.97 Å². The molecule has 35 heavy (non-hydrogen) atoms. The van der Waals surface area contributed by atoms with Crippen molar-refractivity contribution in [3.8, 4) is 0 Å². The number of nitrogens with zero attached hydrogens (tertiary/aromatic N) is 1. The van der Waals surface area contributed by atoms with Gasteiger partial charge in [0.25, 0.3) is 5.91 Å². The summed E-state index contributed by atoms with van der Waals surface area (Å²) in [6.07, 6.45) is 2.94. The number of ether oxygens (including phenoxy) is 1. The van der Waals surface area contributed by atoms with Gasteiger partial charge in [-0.3, -0.25) is 9.10 Å². The van der Waals surface area contributed by atoms with Crippen LogP contribution < -0.4 is 9.62 Å². The third-order valence-corrected chi connectivity index (χ3v) is 6.48. The van der Waals surface area contributed by atoms with Crippen LogP contribution >= 0.6 is 0 Å². The van der Waals surface area contributed by atoms with E-state index in [-0.39, 0.29) is 18.4 Å². The van der Waals surface area contributed by atoms with Crippen molar-refractivity contribution in [1.29, 1.82) is 0 Å². The lowest BCUT2D eigenvalue weighted by molar-refractivity contribution is 0.0499. The molecule has 0 fully saturated rings. The number of hydrogen-bond acceptors (Lipinski definition) is 5. The van der Waals surface area contributed by atoms with E-state index in [2.05, 4.69) is 5.32 Å². The van der Waals surface area contributed by atoms with E-state index >= 15 is 0 Å². The van der Waals surface area contributed by atoms with Crippen LogP contribution in [0.2, 0.25) is 0 Å². The van der Waals surface area contributed by atoms with Crippen molar-refractivity contribution in [3.05, 3.63) is 95.1 Å². The van der Waals surface area contributed by atoms with Gasteiger partial charge in [0.2, 0.25) is 10.0 Å². The summed E-state index contributed by atoms with van der Waals surface area (Å²) in [6, 6.07) is 20.6. The zero-order valence-corrected chi connectivity index (χ0v) is 21.0. The summed E-state index contributed by atoms with van der Waals surface area (Å²) in [5.41, 5.74) is 3.70. The number of anilines is 2. The third-order valence-electron chi connectivity index (χ3n) is 5.34. The van der Waals surface area contributed by atoms with Gasteiger partial charge < -0.3 is 10.1 Å². The second-order valence-corrected chi connectivity index (χ2v) is 10.2. The van der Waals surface area contributed by atoms with Gasteiger partial charge in [0.15, 0.2) is 0 Å². The van der Waals surface area contributed by atoms with Crippen LogP contribution in [0.25, 0.3) is 0 Å². The van der Waals surface area contributed by atoms with E-state index in [1.54, 1.807) is 54.6 Å². The first-order valence-electron chi connectivity index (χ1n) is 11.4. The fraction of sp³-hybridized carbons (Fsp3) is 0.259. The molecule has 0 aliphatic carbocycles. The summed E-state index contributed by atoms with van der Waals surface area (Å²) >= 11 is 0. The first-order valence-corrected chi connectivity index (χ1v) is 13.2. The lowest BCUT2D eigenvalue weighted by Crippen LogP contribution is -2.29. The minimum absolute atomic E-state index is 0.153. The minimum atomic E-state index is -3.50. The number of amides is 1. The Balaban J connectivity index is 1.65. The maximum Gasteiger partial charge on any atom is 0.338 e. The molecule has 184 valence electrons. The van der Waals surface area contributed by atoms with Gasteiger partial charge in [-0.15, -0.1) is 0 Å². The lowest BCUT2D eigenvalue weighted by atomic mass is 10.1. The highest BCUT2D eigenvalue weighted by molar-refractivity contribution is 7.92. The van der Waals surface area contributed by atoms with Crippen LogP contribution in [0.4, 0.5) is 11.4 Å². The fourth-order valence-corrected chi connectivity index (χ4v) is 4.28. The van der Waals surface area contributed by atoms with Crippen LogP contribution in [0.1, 0.15) is 51.6 Å². The highest BCUT2D eigenvalue weighted by Crippen LogP contribution is 2.22. The number of carbonyl (C=O) groups is 2. The van der Waals surface area contributed by atoms with Crippen molar-refractivity contribution >= 4 is 33.3 Å². The van der Waals surface area contributed by atoms with Crippen LogP contribution in [0.3, 0.4) is 0 Å². The molecule has 3 aromatic carbocycles. The van der Waals surface area contributed by atoms with Gasteiger partial charge in [-0.2, -0.15) is 0 Å². The molecule has 0 atom stereocenters. The summed E-state index contributed by atoms with van der Waals surface area (Å²) in [5.74, 6) is -0.700. The Bertz CT molecular complexity index is 1270. The molecular weight excluding hydrogens is 464 g/mol. The Labute approximate surface area is 206 Å². The first kappa shape index (κ1) is 26.0. The van der Waals surface area contributed by atoms with Crippen molar-refractivity contribution in [2.24, 2.45) is 0 Å². The van der Waals surface area contributed by atoms with Crippen molar-refractivity contribution in [2.45, 2.75) is 33.2 Å². The van der Waals surface area contributed by atoms with E-state index in [0.29, 0.717) is 29.1 Å². The topological polar surface area (TPSA) is 92.8 Å². The molecule has 7 nitrogen and oxygen atoms in total. The Morgan fingerprint density at radius 3 is 2.20 bits per heavy atom. The maximum atomic E-state index is 12.6. The molecule has 0 radical (unpaired) electrons. The number of aryl methyl sites for hydroxylation is 1. The molecule has 0 unspecified atom stereocenters. The molecule has 0 heterocycles. The zero-order valence-electron chi connectivity index (χ0n) is 20.2. The van der Waals surface area contributed by atoms with Crippen LogP contribution in [0.15, 0.2) is 72.8 Å².